The van der Waals surface area contributed by atoms with Crippen molar-refractivity contribution in [2.75, 3.05) is 6.79 Å². The van der Waals surface area contributed by atoms with E-state index in [1.165, 1.54) is 0 Å². The molecule has 6 heteroatoms. The Bertz CT molecular complexity index is 528. The lowest BCUT2D eigenvalue weighted by atomic mass is 9.91. The molecular weight excluding hydrogens is 250 g/mol. The first-order valence-corrected chi connectivity index (χ1v) is 6.07. The maximum Gasteiger partial charge on any atom is 0.408 e. The molecule has 0 radical (unpaired) electrons. The summed E-state index contributed by atoms with van der Waals surface area (Å²) < 4.78 is 15.5. The Morgan fingerprint density at radius 3 is 2.95 bits per heavy atom. The van der Waals surface area contributed by atoms with E-state index in [4.69, 9.17) is 14.2 Å². The summed E-state index contributed by atoms with van der Waals surface area (Å²) in [5.41, 5.74) is 0.805. The van der Waals surface area contributed by atoms with Gasteiger partial charge in [-0.05, 0) is 24.1 Å². The highest BCUT2D eigenvalue weighted by molar-refractivity contribution is 5.92. The van der Waals surface area contributed by atoms with Crippen molar-refractivity contribution in [2.45, 2.75) is 25.5 Å². The molecule has 0 bridgehead atoms. The number of ether oxygens (including phenoxy) is 3. The molecule has 0 spiro atoms. The molecule has 1 aliphatic carbocycles. The third-order valence-corrected chi connectivity index (χ3v) is 3.17. The first-order valence-electron chi connectivity index (χ1n) is 6.07. The SMILES string of the molecule is O=C(N[C@H]1CCC1=O)OCc1ccc2c(c1)OCO2. The van der Waals surface area contributed by atoms with E-state index in [-0.39, 0.29) is 25.2 Å². The van der Waals surface area contributed by atoms with Gasteiger partial charge in [0.05, 0.1) is 6.04 Å². The number of nitrogens with one attached hydrogen (secondary N) is 1. The zero-order valence-electron chi connectivity index (χ0n) is 10.2. The van der Waals surface area contributed by atoms with Crippen LogP contribution in [0.3, 0.4) is 0 Å². The number of carbonyl (C=O) groups is 2. The predicted octanol–water partition coefficient (Wildman–Crippen LogP) is 1.37. The van der Waals surface area contributed by atoms with Crippen molar-refractivity contribution >= 4 is 11.9 Å². The number of ketones is 1. The molecule has 1 N–H and O–H groups in total. The van der Waals surface area contributed by atoms with Gasteiger partial charge >= 0.3 is 6.09 Å². The number of carbonyl (C=O) groups excluding carboxylic acids is 2. The molecule has 6 nitrogen and oxygen atoms in total. The highest BCUT2D eigenvalue weighted by Gasteiger charge is 2.29. The van der Waals surface area contributed by atoms with Crippen LogP contribution in [0.15, 0.2) is 18.2 Å². The molecular formula is C13H13NO5. The Hall–Kier alpha value is -2.24. The predicted molar refractivity (Wildman–Crippen MR) is 63.9 cm³/mol. The van der Waals surface area contributed by atoms with Gasteiger partial charge in [-0.15, -0.1) is 0 Å². The maximum atomic E-state index is 11.5. The van der Waals surface area contributed by atoms with Gasteiger partial charge in [-0.25, -0.2) is 4.79 Å². The molecule has 0 aromatic heterocycles. The van der Waals surface area contributed by atoms with E-state index in [0.29, 0.717) is 24.3 Å². The molecule has 1 aliphatic heterocycles. The molecule has 1 heterocycles. The summed E-state index contributed by atoms with van der Waals surface area (Å²) in [6.45, 7) is 0.341. The van der Waals surface area contributed by atoms with Gasteiger partial charge in [0.25, 0.3) is 0 Å². The van der Waals surface area contributed by atoms with Crippen molar-refractivity contribution in [1.29, 1.82) is 0 Å². The summed E-state index contributed by atoms with van der Waals surface area (Å²) in [5.74, 6) is 1.39. The largest absolute Gasteiger partial charge is 0.454 e. The van der Waals surface area contributed by atoms with Crippen LogP contribution in [0.5, 0.6) is 11.5 Å². The molecule has 1 atom stereocenters. The normalized spacial score (nSPS) is 19.8. The fourth-order valence-electron chi connectivity index (χ4n) is 1.92. The van der Waals surface area contributed by atoms with Gasteiger partial charge < -0.3 is 19.5 Å². The zero-order valence-corrected chi connectivity index (χ0v) is 10.2. The van der Waals surface area contributed by atoms with E-state index in [0.717, 1.165) is 5.56 Å². The molecule has 1 aromatic carbocycles. The fourth-order valence-corrected chi connectivity index (χ4v) is 1.92. The van der Waals surface area contributed by atoms with Crippen molar-refractivity contribution in [2.24, 2.45) is 0 Å². The topological polar surface area (TPSA) is 73.9 Å². The van der Waals surface area contributed by atoms with Crippen LogP contribution in [0.4, 0.5) is 4.79 Å². The van der Waals surface area contributed by atoms with Crippen LogP contribution in [-0.4, -0.2) is 24.7 Å². The molecule has 1 aromatic rings. The van der Waals surface area contributed by atoms with Crippen LogP contribution < -0.4 is 14.8 Å². The van der Waals surface area contributed by atoms with Crippen molar-refractivity contribution < 1.29 is 23.8 Å². The number of fused-ring (bicyclic) bond motifs is 1. The van der Waals surface area contributed by atoms with Crippen LogP contribution in [0.1, 0.15) is 18.4 Å². The summed E-state index contributed by atoms with van der Waals surface area (Å²) in [6.07, 6.45) is 0.654. The Morgan fingerprint density at radius 1 is 1.37 bits per heavy atom. The van der Waals surface area contributed by atoms with Crippen molar-refractivity contribution in [3.8, 4) is 11.5 Å². The van der Waals surface area contributed by atoms with E-state index in [9.17, 15) is 9.59 Å². The smallest absolute Gasteiger partial charge is 0.408 e. The van der Waals surface area contributed by atoms with Gasteiger partial charge in [-0.3, -0.25) is 4.79 Å². The van der Waals surface area contributed by atoms with Gasteiger partial charge in [0, 0.05) is 6.42 Å². The highest BCUT2D eigenvalue weighted by Crippen LogP contribution is 2.32. The standard InChI is InChI=1S/C13H13NO5/c15-10-3-2-9(10)14-13(16)17-6-8-1-4-11-12(5-8)19-7-18-11/h1,4-5,9H,2-3,6-7H2,(H,14,16)/t9-/m0/s1. The molecule has 1 amide bonds. The van der Waals surface area contributed by atoms with Crippen LogP contribution in [0.2, 0.25) is 0 Å². The number of hydrogen-bond donors (Lipinski definition) is 1. The highest BCUT2D eigenvalue weighted by atomic mass is 16.7. The number of rotatable bonds is 3. The third-order valence-electron chi connectivity index (χ3n) is 3.17. The van der Waals surface area contributed by atoms with Crippen molar-refractivity contribution in [1.82, 2.24) is 5.32 Å². The first-order chi connectivity index (χ1) is 9.22. The monoisotopic (exact) mass is 263 g/mol. The van der Waals surface area contributed by atoms with Crippen LogP contribution >= 0.6 is 0 Å². The minimum atomic E-state index is -0.573. The second-order valence-corrected chi connectivity index (χ2v) is 4.47. The Balaban J connectivity index is 1.51. The van der Waals surface area contributed by atoms with Crippen LogP contribution in [-0.2, 0) is 16.1 Å². The van der Waals surface area contributed by atoms with Gasteiger partial charge in [0.2, 0.25) is 6.79 Å². The molecule has 0 unspecified atom stereocenters. The summed E-state index contributed by atoms with van der Waals surface area (Å²) in [5, 5.41) is 2.52. The van der Waals surface area contributed by atoms with Crippen LogP contribution in [0.25, 0.3) is 0 Å². The second kappa shape index (κ2) is 4.79. The van der Waals surface area contributed by atoms with E-state index in [2.05, 4.69) is 5.32 Å². The average molecular weight is 263 g/mol. The first kappa shape index (κ1) is 11.8. The molecule has 19 heavy (non-hydrogen) atoms. The molecule has 2 aliphatic rings. The van der Waals surface area contributed by atoms with Crippen molar-refractivity contribution in [3.05, 3.63) is 23.8 Å². The molecule has 3 rings (SSSR count). The second-order valence-electron chi connectivity index (χ2n) is 4.47. The lowest BCUT2D eigenvalue weighted by Gasteiger charge is -2.24. The molecule has 1 fully saturated rings. The Morgan fingerprint density at radius 2 is 2.21 bits per heavy atom. The quantitative estimate of drug-likeness (QED) is 0.891. The van der Waals surface area contributed by atoms with Gasteiger partial charge in [-0.2, -0.15) is 0 Å². The number of benzene rings is 1. The van der Waals surface area contributed by atoms with Gasteiger partial charge in [0.15, 0.2) is 17.3 Å². The fraction of sp³-hybridized carbons (Fsp3) is 0.385. The van der Waals surface area contributed by atoms with E-state index < -0.39 is 6.09 Å². The van der Waals surface area contributed by atoms with Gasteiger partial charge in [0.1, 0.15) is 6.61 Å². The average Bonchev–Trinajstić information content (AvgIpc) is 2.88. The third kappa shape index (κ3) is 2.47. The summed E-state index contributed by atoms with van der Waals surface area (Å²) in [4.78, 5) is 22.5. The number of Topliss-reactive ketones (excluding diaryl/α,β-unsaturated/α-hetero) is 1. The summed E-state index contributed by atoms with van der Waals surface area (Å²) in [6, 6.07) is 4.97. The number of hydrogen-bond acceptors (Lipinski definition) is 5. The Kier molecular flexibility index (Phi) is 2.98. The minimum absolute atomic E-state index is 0.0556. The summed E-state index contributed by atoms with van der Waals surface area (Å²) in [7, 11) is 0. The molecule has 100 valence electrons. The minimum Gasteiger partial charge on any atom is -0.454 e. The number of amides is 1. The maximum absolute atomic E-state index is 11.5. The van der Waals surface area contributed by atoms with E-state index in [1.807, 2.05) is 0 Å². The zero-order chi connectivity index (χ0) is 13.2. The Labute approximate surface area is 109 Å². The van der Waals surface area contributed by atoms with E-state index >= 15 is 0 Å². The summed E-state index contributed by atoms with van der Waals surface area (Å²) >= 11 is 0. The van der Waals surface area contributed by atoms with Gasteiger partial charge in [-0.1, -0.05) is 6.07 Å². The molecule has 1 saturated carbocycles. The molecule has 0 saturated heterocycles. The lowest BCUT2D eigenvalue weighted by molar-refractivity contribution is -0.126. The lowest BCUT2D eigenvalue weighted by Crippen LogP contribution is -2.47. The van der Waals surface area contributed by atoms with Crippen molar-refractivity contribution in [3.63, 3.8) is 0 Å². The number of alkyl carbamates (subject to hydrolysis) is 1. The van der Waals surface area contributed by atoms with Crippen LogP contribution in [0, 0.1) is 0 Å². The van der Waals surface area contributed by atoms with E-state index in [1.54, 1.807) is 18.2 Å².